The summed E-state index contributed by atoms with van der Waals surface area (Å²) < 4.78 is 0. The summed E-state index contributed by atoms with van der Waals surface area (Å²) in [5.74, 6) is 0.116. The summed E-state index contributed by atoms with van der Waals surface area (Å²) in [6, 6.07) is 5.23. The number of hydrogen-bond donors (Lipinski definition) is 3. The fourth-order valence-corrected chi connectivity index (χ4v) is 3.14. The second kappa shape index (κ2) is 5.42. The summed E-state index contributed by atoms with van der Waals surface area (Å²) in [5, 5.41) is 3.80. The van der Waals surface area contributed by atoms with Crippen molar-refractivity contribution >= 4 is 34.0 Å². The molecule has 0 aliphatic carbocycles. The molecule has 0 aliphatic heterocycles. The van der Waals surface area contributed by atoms with Gasteiger partial charge in [0.05, 0.1) is 21.7 Å². The van der Waals surface area contributed by atoms with Crippen molar-refractivity contribution in [2.24, 2.45) is 0 Å². The number of rotatable bonds is 3. The van der Waals surface area contributed by atoms with E-state index in [1.807, 2.05) is 6.92 Å². The van der Waals surface area contributed by atoms with E-state index in [0.29, 0.717) is 27.5 Å². The summed E-state index contributed by atoms with van der Waals surface area (Å²) in [6.07, 6.45) is 0. The Balaban J connectivity index is 1.87. The van der Waals surface area contributed by atoms with Crippen molar-refractivity contribution in [3.8, 4) is 0 Å². The van der Waals surface area contributed by atoms with Crippen molar-refractivity contribution in [2.75, 3.05) is 5.32 Å². The minimum atomic E-state index is -0.265. The molecular weight excluding hydrogens is 300 g/mol. The molecule has 0 unspecified atom stereocenters. The van der Waals surface area contributed by atoms with Crippen molar-refractivity contribution in [2.45, 2.75) is 26.7 Å². The molecule has 22 heavy (non-hydrogen) atoms. The number of imidazole rings is 1. The number of fused-ring (bicyclic) bond motifs is 1. The zero-order valence-electron chi connectivity index (χ0n) is 12.5. The van der Waals surface area contributed by atoms with Crippen LogP contribution < -0.4 is 11.0 Å². The minimum Gasteiger partial charge on any atom is -0.321 e. The van der Waals surface area contributed by atoms with Gasteiger partial charge >= 0.3 is 5.69 Å². The largest absolute Gasteiger partial charge is 0.323 e. The molecule has 0 spiro atoms. The average Bonchev–Trinajstić information content (AvgIpc) is 3.00. The smallest absolute Gasteiger partial charge is 0.321 e. The second-order valence-electron chi connectivity index (χ2n) is 5.41. The van der Waals surface area contributed by atoms with Gasteiger partial charge in [-0.05, 0) is 25.1 Å². The van der Waals surface area contributed by atoms with Gasteiger partial charge in [-0.1, -0.05) is 13.8 Å². The Bertz CT molecular complexity index is 904. The first-order valence-electron chi connectivity index (χ1n) is 6.95. The maximum Gasteiger partial charge on any atom is 0.323 e. The molecule has 1 aromatic carbocycles. The van der Waals surface area contributed by atoms with Gasteiger partial charge in [0.15, 0.2) is 0 Å². The van der Waals surface area contributed by atoms with E-state index in [9.17, 15) is 9.59 Å². The number of nitrogens with one attached hydrogen (secondary N) is 3. The number of aryl methyl sites for hydroxylation is 1. The molecule has 2 aromatic heterocycles. The van der Waals surface area contributed by atoms with E-state index in [2.05, 4.69) is 34.1 Å². The predicted octanol–water partition coefficient (Wildman–Crippen LogP) is 3.00. The number of carbonyl (C=O) groups is 1. The monoisotopic (exact) mass is 316 g/mol. The van der Waals surface area contributed by atoms with E-state index in [0.717, 1.165) is 10.7 Å². The summed E-state index contributed by atoms with van der Waals surface area (Å²) in [4.78, 5) is 34.0. The number of benzene rings is 1. The molecule has 3 N–H and O–H groups in total. The van der Waals surface area contributed by atoms with Gasteiger partial charge in [-0.25, -0.2) is 9.78 Å². The summed E-state index contributed by atoms with van der Waals surface area (Å²) in [6.45, 7) is 5.94. The highest BCUT2D eigenvalue weighted by molar-refractivity contribution is 7.14. The Morgan fingerprint density at radius 3 is 2.68 bits per heavy atom. The maximum atomic E-state index is 12.4. The zero-order valence-corrected chi connectivity index (χ0v) is 13.3. The van der Waals surface area contributed by atoms with Crippen LogP contribution in [0.2, 0.25) is 0 Å². The molecule has 1 amide bonds. The predicted molar refractivity (Wildman–Crippen MR) is 87.8 cm³/mol. The molecule has 0 atom stereocenters. The van der Waals surface area contributed by atoms with Gasteiger partial charge in [0, 0.05) is 11.6 Å². The van der Waals surface area contributed by atoms with Crippen molar-refractivity contribution in [1.82, 2.24) is 15.0 Å². The Morgan fingerprint density at radius 1 is 1.27 bits per heavy atom. The van der Waals surface area contributed by atoms with Crippen molar-refractivity contribution < 1.29 is 4.79 Å². The highest BCUT2D eigenvalue weighted by atomic mass is 32.1. The van der Waals surface area contributed by atoms with Crippen LogP contribution in [0.1, 0.15) is 40.1 Å². The molecule has 0 aliphatic rings. The highest BCUT2D eigenvalue weighted by Crippen LogP contribution is 2.25. The Kier molecular flexibility index (Phi) is 3.58. The third kappa shape index (κ3) is 2.67. The zero-order chi connectivity index (χ0) is 15.9. The number of carbonyl (C=O) groups excluding carboxylic acids is 1. The van der Waals surface area contributed by atoms with Crippen LogP contribution in [0.15, 0.2) is 23.0 Å². The van der Waals surface area contributed by atoms with Gasteiger partial charge < -0.3 is 15.3 Å². The summed E-state index contributed by atoms with van der Waals surface area (Å²) in [7, 11) is 0. The lowest BCUT2D eigenvalue weighted by molar-refractivity contribution is 0.103. The fraction of sp³-hybridized carbons (Fsp3) is 0.267. The lowest BCUT2D eigenvalue weighted by Gasteiger charge is -2.04. The number of amides is 1. The van der Waals surface area contributed by atoms with Crippen LogP contribution >= 0.6 is 11.3 Å². The number of aromatic nitrogens is 3. The fourth-order valence-electron chi connectivity index (χ4n) is 2.17. The first-order chi connectivity index (χ1) is 10.4. The Hall–Kier alpha value is -2.41. The molecule has 0 radical (unpaired) electrons. The number of thiazole rings is 1. The van der Waals surface area contributed by atoms with E-state index in [4.69, 9.17) is 0 Å². The van der Waals surface area contributed by atoms with E-state index < -0.39 is 0 Å². The van der Waals surface area contributed by atoms with E-state index >= 15 is 0 Å². The molecule has 6 nitrogen and oxygen atoms in total. The normalized spacial score (nSPS) is 11.3. The Labute approximate surface area is 130 Å². The van der Waals surface area contributed by atoms with Gasteiger partial charge in [0.2, 0.25) is 0 Å². The lowest BCUT2D eigenvalue weighted by Crippen LogP contribution is -2.11. The van der Waals surface area contributed by atoms with Gasteiger partial charge in [-0.3, -0.25) is 4.79 Å². The highest BCUT2D eigenvalue weighted by Gasteiger charge is 2.17. The third-order valence-corrected chi connectivity index (χ3v) is 4.74. The van der Waals surface area contributed by atoms with Crippen LogP contribution in [-0.2, 0) is 0 Å². The molecule has 0 saturated heterocycles. The number of hydrogen-bond acceptors (Lipinski definition) is 4. The van der Waals surface area contributed by atoms with Crippen LogP contribution in [0.4, 0.5) is 5.69 Å². The molecule has 7 heteroatoms. The first-order valence-corrected chi connectivity index (χ1v) is 7.76. The standard InChI is InChI=1S/C15H16N4O2S/c1-7(2)14-16-8(3)12(22-14)13(20)17-9-4-5-10-11(6-9)19-15(21)18-10/h4-7H,1-3H3,(H,17,20)(H2,18,19,21). The van der Waals surface area contributed by atoms with E-state index in [-0.39, 0.29) is 11.6 Å². The second-order valence-corrected chi connectivity index (χ2v) is 6.45. The summed E-state index contributed by atoms with van der Waals surface area (Å²) >= 11 is 1.42. The van der Waals surface area contributed by atoms with Crippen LogP contribution in [-0.4, -0.2) is 20.9 Å². The number of nitrogens with zero attached hydrogens (tertiary/aromatic N) is 1. The van der Waals surface area contributed by atoms with Gasteiger partial charge in [0.1, 0.15) is 4.88 Å². The molecule has 0 bridgehead atoms. The molecule has 3 rings (SSSR count). The van der Waals surface area contributed by atoms with E-state index in [1.165, 1.54) is 11.3 Å². The maximum absolute atomic E-state index is 12.4. The van der Waals surface area contributed by atoms with Crippen LogP contribution in [0, 0.1) is 6.92 Å². The van der Waals surface area contributed by atoms with E-state index in [1.54, 1.807) is 18.2 Å². The Morgan fingerprint density at radius 2 is 2.00 bits per heavy atom. The summed E-state index contributed by atoms with van der Waals surface area (Å²) in [5.41, 5.74) is 2.47. The molecular formula is C15H16N4O2S. The quantitative estimate of drug-likeness (QED) is 0.693. The van der Waals surface area contributed by atoms with Crippen molar-refractivity contribution in [1.29, 1.82) is 0 Å². The number of H-pyrrole nitrogens is 2. The van der Waals surface area contributed by atoms with Gasteiger partial charge in [0.25, 0.3) is 5.91 Å². The number of aromatic amines is 2. The van der Waals surface area contributed by atoms with Gasteiger partial charge in [-0.15, -0.1) is 11.3 Å². The topological polar surface area (TPSA) is 90.6 Å². The van der Waals surface area contributed by atoms with Gasteiger partial charge in [-0.2, -0.15) is 0 Å². The third-order valence-electron chi connectivity index (χ3n) is 3.29. The van der Waals surface area contributed by atoms with Crippen molar-refractivity contribution in [3.63, 3.8) is 0 Å². The lowest BCUT2D eigenvalue weighted by atomic mass is 10.2. The molecule has 114 valence electrons. The minimum absolute atomic E-state index is 0.181. The SMILES string of the molecule is Cc1nc(C(C)C)sc1C(=O)Nc1ccc2[nH]c(=O)[nH]c2c1. The molecule has 0 saturated carbocycles. The molecule has 0 fully saturated rings. The number of anilines is 1. The molecule has 3 aromatic rings. The van der Waals surface area contributed by atoms with Crippen LogP contribution in [0.5, 0.6) is 0 Å². The average molecular weight is 316 g/mol. The van der Waals surface area contributed by atoms with Crippen LogP contribution in [0.25, 0.3) is 11.0 Å². The van der Waals surface area contributed by atoms with Crippen LogP contribution in [0.3, 0.4) is 0 Å². The molecule has 2 heterocycles. The van der Waals surface area contributed by atoms with Crippen molar-refractivity contribution in [3.05, 3.63) is 44.3 Å². The first kappa shape index (κ1) is 14.5.